The molecular formula is C12H20N2OS. The third-order valence-electron chi connectivity index (χ3n) is 3.17. The molecule has 1 N–H and O–H groups in total. The average Bonchev–Trinajstić information content (AvgIpc) is 2.66. The minimum absolute atomic E-state index is 0.375. The number of likely N-dealkylation sites (tertiary alicyclic amines) is 1. The number of piperidine rings is 1. The Kier molecular flexibility index (Phi) is 3.95. The van der Waals surface area contributed by atoms with Gasteiger partial charge in [0.05, 0.1) is 16.0 Å². The molecule has 2 atom stereocenters. The molecule has 0 saturated carbocycles. The minimum Gasteiger partial charge on any atom is -0.388 e. The molecule has 1 aliphatic rings. The fourth-order valence-electron chi connectivity index (χ4n) is 2.30. The van der Waals surface area contributed by atoms with Crippen molar-refractivity contribution in [3.05, 3.63) is 16.1 Å². The summed E-state index contributed by atoms with van der Waals surface area (Å²) >= 11 is 1.66. The number of aliphatic hydroxyl groups excluding tert-OH is 1. The van der Waals surface area contributed by atoms with Crippen LogP contribution in [-0.4, -0.2) is 35.1 Å². The highest BCUT2D eigenvalue weighted by Crippen LogP contribution is 2.25. The van der Waals surface area contributed by atoms with Crippen LogP contribution in [0.2, 0.25) is 0 Å². The molecule has 0 amide bonds. The van der Waals surface area contributed by atoms with Crippen LogP contribution in [0.25, 0.3) is 0 Å². The van der Waals surface area contributed by atoms with E-state index >= 15 is 0 Å². The maximum absolute atomic E-state index is 9.45. The van der Waals surface area contributed by atoms with E-state index in [1.165, 1.54) is 30.9 Å². The summed E-state index contributed by atoms with van der Waals surface area (Å²) in [5, 5.41) is 10.6. The van der Waals surface area contributed by atoms with Crippen LogP contribution in [0.1, 0.15) is 35.8 Å². The van der Waals surface area contributed by atoms with Gasteiger partial charge in [0, 0.05) is 19.2 Å². The Morgan fingerprint density at radius 1 is 1.69 bits per heavy atom. The highest BCUT2D eigenvalue weighted by atomic mass is 32.1. The van der Waals surface area contributed by atoms with Gasteiger partial charge in [-0.15, -0.1) is 11.3 Å². The molecule has 1 aromatic rings. The fourth-order valence-corrected chi connectivity index (χ4v) is 3.27. The standard InChI is InChI=1S/C12H20N2OS/c1-9(15)11-7-13-12(16-11)6-10-4-3-5-14(2)8-10/h7,9-10,15H,3-6,8H2,1-2H3. The van der Waals surface area contributed by atoms with Gasteiger partial charge in [-0.1, -0.05) is 0 Å². The first kappa shape index (κ1) is 12.0. The highest BCUT2D eigenvalue weighted by molar-refractivity contribution is 7.11. The number of hydrogen-bond donors (Lipinski definition) is 1. The zero-order valence-electron chi connectivity index (χ0n) is 10.0. The predicted molar refractivity (Wildman–Crippen MR) is 66.7 cm³/mol. The molecule has 0 aromatic carbocycles. The van der Waals surface area contributed by atoms with E-state index in [1.54, 1.807) is 18.3 Å². The summed E-state index contributed by atoms with van der Waals surface area (Å²) in [4.78, 5) is 7.78. The molecular weight excluding hydrogens is 220 g/mol. The van der Waals surface area contributed by atoms with Crippen molar-refractivity contribution in [2.24, 2.45) is 5.92 Å². The van der Waals surface area contributed by atoms with Crippen LogP contribution in [0.3, 0.4) is 0 Å². The topological polar surface area (TPSA) is 36.4 Å². The second-order valence-corrected chi connectivity index (χ2v) is 5.95. The van der Waals surface area contributed by atoms with Gasteiger partial charge in [0.15, 0.2) is 0 Å². The number of rotatable bonds is 3. The van der Waals surface area contributed by atoms with Crippen LogP contribution in [0.4, 0.5) is 0 Å². The predicted octanol–water partition coefficient (Wildman–Crippen LogP) is 2.08. The van der Waals surface area contributed by atoms with E-state index in [4.69, 9.17) is 0 Å². The lowest BCUT2D eigenvalue weighted by molar-refractivity contribution is 0.203. The average molecular weight is 240 g/mol. The molecule has 4 heteroatoms. The van der Waals surface area contributed by atoms with E-state index in [0.717, 1.165) is 17.2 Å². The molecule has 1 aliphatic heterocycles. The third-order valence-corrected chi connectivity index (χ3v) is 4.36. The van der Waals surface area contributed by atoms with Crippen molar-refractivity contribution in [1.82, 2.24) is 9.88 Å². The quantitative estimate of drug-likeness (QED) is 0.879. The van der Waals surface area contributed by atoms with Crippen molar-refractivity contribution >= 4 is 11.3 Å². The molecule has 2 rings (SSSR count). The van der Waals surface area contributed by atoms with Crippen molar-refractivity contribution in [1.29, 1.82) is 0 Å². The number of thiazole rings is 1. The maximum atomic E-state index is 9.45. The Labute approximate surface area is 101 Å². The van der Waals surface area contributed by atoms with E-state index in [0.29, 0.717) is 0 Å². The van der Waals surface area contributed by atoms with Gasteiger partial charge in [-0.2, -0.15) is 0 Å². The van der Waals surface area contributed by atoms with Crippen molar-refractivity contribution < 1.29 is 5.11 Å². The van der Waals surface area contributed by atoms with Gasteiger partial charge in [0.25, 0.3) is 0 Å². The number of hydrogen-bond acceptors (Lipinski definition) is 4. The first-order chi connectivity index (χ1) is 7.65. The monoisotopic (exact) mass is 240 g/mol. The molecule has 0 bridgehead atoms. The molecule has 0 radical (unpaired) electrons. The lowest BCUT2D eigenvalue weighted by atomic mass is 9.95. The Balaban J connectivity index is 1.92. The van der Waals surface area contributed by atoms with Crippen LogP contribution in [0.5, 0.6) is 0 Å². The van der Waals surface area contributed by atoms with E-state index in [1.807, 2.05) is 6.20 Å². The summed E-state index contributed by atoms with van der Waals surface area (Å²) < 4.78 is 0. The maximum Gasteiger partial charge on any atom is 0.0931 e. The summed E-state index contributed by atoms with van der Waals surface area (Å²) in [6.45, 7) is 4.21. The van der Waals surface area contributed by atoms with E-state index in [2.05, 4.69) is 16.9 Å². The van der Waals surface area contributed by atoms with Gasteiger partial charge in [0.1, 0.15) is 0 Å². The summed E-state index contributed by atoms with van der Waals surface area (Å²) in [6, 6.07) is 0. The summed E-state index contributed by atoms with van der Waals surface area (Å²) in [6.07, 6.45) is 5.13. The van der Waals surface area contributed by atoms with Crippen LogP contribution in [-0.2, 0) is 6.42 Å². The first-order valence-electron chi connectivity index (χ1n) is 5.96. The summed E-state index contributed by atoms with van der Waals surface area (Å²) in [7, 11) is 2.19. The van der Waals surface area contributed by atoms with E-state index in [9.17, 15) is 5.11 Å². The van der Waals surface area contributed by atoms with E-state index < -0.39 is 0 Å². The van der Waals surface area contributed by atoms with E-state index in [-0.39, 0.29) is 6.10 Å². The molecule has 2 heterocycles. The highest BCUT2D eigenvalue weighted by Gasteiger charge is 2.19. The van der Waals surface area contributed by atoms with Crippen LogP contribution in [0, 0.1) is 5.92 Å². The second kappa shape index (κ2) is 5.25. The summed E-state index contributed by atoms with van der Waals surface area (Å²) in [5.74, 6) is 0.742. The Hall–Kier alpha value is -0.450. The van der Waals surface area contributed by atoms with Gasteiger partial charge in [-0.05, 0) is 39.3 Å². The van der Waals surface area contributed by atoms with Gasteiger partial charge >= 0.3 is 0 Å². The SMILES string of the molecule is CC(O)c1cnc(CC2CCCN(C)C2)s1. The first-order valence-corrected chi connectivity index (χ1v) is 6.78. The number of nitrogens with zero attached hydrogens (tertiary/aromatic N) is 2. The van der Waals surface area contributed by atoms with Gasteiger partial charge in [-0.25, -0.2) is 4.98 Å². The zero-order chi connectivity index (χ0) is 11.5. The third kappa shape index (κ3) is 3.03. The molecule has 1 saturated heterocycles. The number of aromatic nitrogens is 1. The van der Waals surface area contributed by atoms with Gasteiger partial charge in [-0.3, -0.25) is 0 Å². The molecule has 0 spiro atoms. The zero-order valence-corrected chi connectivity index (χ0v) is 10.8. The van der Waals surface area contributed by atoms with Crippen LogP contribution >= 0.6 is 11.3 Å². The van der Waals surface area contributed by atoms with Gasteiger partial charge < -0.3 is 10.0 Å². The molecule has 1 aromatic heterocycles. The number of aliphatic hydroxyl groups is 1. The molecule has 90 valence electrons. The van der Waals surface area contributed by atoms with Crippen molar-refractivity contribution in [2.75, 3.05) is 20.1 Å². The molecule has 2 unspecified atom stereocenters. The Morgan fingerprint density at radius 3 is 3.12 bits per heavy atom. The molecule has 0 aliphatic carbocycles. The van der Waals surface area contributed by atoms with Crippen molar-refractivity contribution in [3.8, 4) is 0 Å². The largest absolute Gasteiger partial charge is 0.388 e. The lowest BCUT2D eigenvalue weighted by Crippen LogP contribution is -2.32. The fraction of sp³-hybridized carbons (Fsp3) is 0.750. The molecule has 1 fully saturated rings. The van der Waals surface area contributed by atoms with Crippen molar-refractivity contribution in [2.45, 2.75) is 32.3 Å². The smallest absolute Gasteiger partial charge is 0.0931 e. The normalized spacial score (nSPS) is 24.6. The molecule has 3 nitrogen and oxygen atoms in total. The Morgan fingerprint density at radius 2 is 2.50 bits per heavy atom. The van der Waals surface area contributed by atoms with Crippen LogP contribution < -0.4 is 0 Å². The Bertz CT molecular complexity index is 338. The lowest BCUT2D eigenvalue weighted by Gasteiger charge is -2.29. The van der Waals surface area contributed by atoms with Gasteiger partial charge in [0.2, 0.25) is 0 Å². The minimum atomic E-state index is -0.375. The molecule has 16 heavy (non-hydrogen) atoms. The summed E-state index contributed by atoms with van der Waals surface area (Å²) in [5.41, 5.74) is 0. The second-order valence-electron chi connectivity index (χ2n) is 4.81. The van der Waals surface area contributed by atoms with Crippen LogP contribution in [0.15, 0.2) is 6.20 Å². The van der Waals surface area contributed by atoms with Crippen molar-refractivity contribution in [3.63, 3.8) is 0 Å².